The first kappa shape index (κ1) is 88.1. The number of benzene rings is 21. The minimum absolute atomic E-state index is 0.187. The average molecular weight is 1890 g/mol. The van der Waals surface area contributed by atoms with Gasteiger partial charge < -0.3 is 33.8 Å². The van der Waals surface area contributed by atoms with Crippen LogP contribution in [0.2, 0.25) is 0 Å². The number of hydrogen-bond acceptors (Lipinski definition) is 9. The van der Waals surface area contributed by atoms with Crippen molar-refractivity contribution in [3.63, 3.8) is 0 Å². The van der Waals surface area contributed by atoms with Crippen LogP contribution in [0.3, 0.4) is 0 Å². The lowest BCUT2D eigenvalue weighted by molar-refractivity contribution is 0.660. The number of thiophene rings is 2. The molecule has 0 N–H and O–H groups in total. The molecule has 3 aromatic heterocycles. The molecule has 3 heterocycles. The van der Waals surface area contributed by atoms with Gasteiger partial charge in [-0.1, -0.05) is 302 Å². The second-order valence-corrected chi connectivity index (χ2v) is 41.3. The Morgan fingerprint density at radius 2 is 0.347 bits per heavy atom. The van der Waals surface area contributed by atoms with Gasteiger partial charge in [-0.2, -0.15) is 0 Å². The second kappa shape index (κ2) is 36.4. The quantitative estimate of drug-likeness (QED) is 0.0846. The molecule has 0 unspecified atom stereocenters. The van der Waals surface area contributed by atoms with Crippen LogP contribution in [0.1, 0.15) is 74.9 Å². The molecular weight excluding hydrogens is 1790 g/mol. The van der Waals surface area contributed by atoms with Crippen molar-refractivity contribution in [2.45, 2.75) is 57.8 Å². The average Bonchev–Trinajstić information content (AvgIpc) is 1.57. The summed E-state index contributed by atoms with van der Waals surface area (Å²) in [7, 11) is 0. The molecule has 3 aliphatic carbocycles. The van der Waals surface area contributed by atoms with Gasteiger partial charge in [-0.25, -0.2) is 0 Å². The molecular formula is C135H102N6OS2. The standard InChI is InChI=1S/C45H34N2O.2C45H34N2S/c2*1-45(2)41-29-35(46(31-14-6-3-7-15-31)32-16-8-4-9-17-32)22-25-37(41)38-26-23-36(30-42(38)45)47(33-18-10-5-11-19-33)34-24-27-44-40(28-34)39-20-12-13-21-43(39)48-44;1-45(2)41-28-34(46(31-14-6-3-7-15-31)32-16-8-4-9-17-32)22-25-37(41)38-26-23-35(29-42(38)45)47(33-18-10-5-11-19-33)36-24-27-40-39-20-12-13-21-43(39)48-44(40)30-36/h3*3-30H,1-2H3. The van der Waals surface area contributed by atoms with E-state index >= 15 is 0 Å². The molecule has 0 saturated heterocycles. The summed E-state index contributed by atoms with van der Waals surface area (Å²) in [6.45, 7) is 14.2. The summed E-state index contributed by atoms with van der Waals surface area (Å²) in [6, 6.07) is 184. The summed E-state index contributed by atoms with van der Waals surface area (Å²) in [5.74, 6) is 0. The van der Waals surface area contributed by atoms with Crippen molar-refractivity contribution < 1.29 is 4.42 Å². The lowest BCUT2D eigenvalue weighted by Crippen LogP contribution is -2.17. The molecule has 7 nitrogen and oxygen atoms in total. The Kier molecular flexibility index (Phi) is 22.3. The fraction of sp³-hybridized carbons (Fsp3) is 0.0667. The molecule has 0 bridgehead atoms. The predicted octanol–water partition coefficient (Wildman–Crippen LogP) is 39.4. The molecule has 0 aliphatic heterocycles. The van der Waals surface area contributed by atoms with Crippen molar-refractivity contribution >= 4 is 187 Å². The topological polar surface area (TPSA) is 32.6 Å². The van der Waals surface area contributed by atoms with Crippen molar-refractivity contribution in [3.05, 3.63) is 543 Å². The number of anilines is 18. The van der Waals surface area contributed by atoms with Gasteiger partial charge >= 0.3 is 0 Å². The van der Waals surface area contributed by atoms with Crippen LogP contribution >= 0.6 is 22.7 Å². The highest BCUT2D eigenvalue weighted by Crippen LogP contribution is 2.58. The zero-order chi connectivity index (χ0) is 96.7. The van der Waals surface area contributed by atoms with E-state index in [9.17, 15) is 0 Å². The van der Waals surface area contributed by atoms with Crippen LogP contribution in [0.5, 0.6) is 0 Å². The van der Waals surface area contributed by atoms with Gasteiger partial charge in [0.2, 0.25) is 0 Å². The predicted molar refractivity (Wildman–Crippen MR) is 613 cm³/mol. The van der Waals surface area contributed by atoms with Crippen molar-refractivity contribution in [1.82, 2.24) is 0 Å². The first-order chi connectivity index (χ1) is 70.7. The summed E-state index contributed by atoms with van der Waals surface area (Å²) in [5, 5.41) is 7.50. The number of hydrogen-bond donors (Lipinski definition) is 0. The lowest BCUT2D eigenvalue weighted by atomic mass is 9.82. The highest BCUT2D eigenvalue weighted by atomic mass is 32.1. The van der Waals surface area contributed by atoms with Gasteiger partial charge in [0.25, 0.3) is 0 Å². The largest absolute Gasteiger partial charge is 0.456 e. The number of furan rings is 1. The SMILES string of the molecule is CC1(C)c2cc(N(c3ccccc3)c3ccccc3)ccc2-c2ccc(N(c3ccccc3)c3ccc4c(c3)sc3ccccc34)cc21.CC1(C)c2cc(N(c3ccccc3)c3ccccc3)ccc2-c2ccc(N(c3ccccc3)c3ccc4oc5ccccc5c4c3)cc21.CC1(C)c2cc(N(c3ccccc3)c3ccccc3)ccc2-c2ccc(N(c3ccccc3)c3ccc4sc5ccccc5c4c3)cc21. The van der Waals surface area contributed by atoms with Crippen LogP contribution in [-0.2, 0) is 16.2 Å². The van der Waals surface area contributed by atoms with Crippen LogP contribution in [0.25, 0.3) is 95.7 Å². The van der Waals surface area contributed by atoms with E-state index in [4.69, 9.17) is 4.42 Å². The van der Waals surface area contributed by atoms with Gasteiger partial charge in [-0.15, -0.1) is 22.7 Å². The van der Waals surface area contributed by atoms with Gasteiger partial charge in [-0.05, 0) is 315 Å². The Morgan fingerprint density at radius 1 is 0.146 bits per heavy atom. The number of rotatable bonds is 18. The second-order valence-electron chi connectivity index (χ2n) is 39.1. The molecule has 21 aromatic carbocycles. The van der Waals surface area contributed by atoms with Crippen molar-refractivity contribution in [2.24, 2.45) is 0 Å². The maximum Gasteiger partial charge on any atom is 0.135 e. The van der Waals surface area contributed by atoms with E-state index in [2.05, 4.69) is 568 Å². The molecule has 0 saturated carbocycles. The highest BCUT2D eigenvalue weighted by molar-refractivity contribution is 7.26. The molecule has 0 radical (unpaired) electrons. The van der Waals surface area contributed by atoms with Gasteiger partial charge in [0.15, 0.2) is 0 Å². The lowest BCUT2D eigenvalue weighted by Gasteiger charge is -2.29. The smallest absolute Gasteiger partial charge is 0.135 e. The zero-order valence-electron chi connectivity index (χ0n) is 80.9. The summed E-state index contributed by atoms with van der Waals surface area (Å²) in [6.07, 6.45) is 0. The molecule has 27 rings (SSSR count). The first-order valence-electron chi connectivity index (χ1n) is 49.6. The number of fused-ring (bicyclic) bond motifs is 18. The van der Waals surface area contributed by atoms with E-state index in [1.165, 1.54) is 107 Å². The van der Waals surface area contributed by atoms with Crippen LogP contribution in [0.4, 0.5) is 102 Å². The molecule has 0 atom stereocenters. The summed E-state index contributed by atoms with van der Waals surface area (Å²) < 4.78 is 11.4. The summed E-state index contributed by atoms with van der Waals surface area (Å²) in [5.41, 5.74) is 37.7. The van der Waals surface area contributed by atoms with Crippen molar-refractivity contribution in [3.8, 4) is 33.4 Å². The Bertz CT molecular complexity index is 8460. The maximum absolute atomic E-state index is 6.18. The molecule has 9 heteroatoms. The molecule has 690 valence electrons. The van der Waals surface area contributed by atoms with E-state index in [1.54, 1.807) is 0 Å². The van der Waals surface area contributed by atoms with E-state index in [1.807, 2.05) is 34.8 Å². The number of nitrogens with zero attached hydrogens (tertiary/aromatic N) is 6. The van der Waals surface area contributed by atoms with E-state index in [0.717, 1.165) is 124 Å². The minimum atomic E-state index is -0.206. The van der Waals surface area contributed by atoms with Crippen LogP contribution in [0.15, 0.2) is 514 Å². The molecule has 3 aliphatic rings. The fourth-order valence-electron chi connectivity index (χ4n) is 22.4. The van der Waals surface area contributed by atoms with E-state index < -0.39 is 0 Å². The normalized spacial score (nSPS) is 13.0. The highest BCUT2D eigenvalue weighted by Gasteiger charge is 2.41. The van der Waals surface area contributed by atoms with Gasteiger partial charge in [0.1, 0.15) is 11.2 Å². The minimum Gasteiger partial charge on any atom is -0.456 e. The Hall–Kier alpha value is -17.3. The summed E-state index contributed by atoms with van der Waals surface area (Å²) >= 11 is 3.73. The molecule has 0 fully saturated rings. The fourth-order valence-corrected chi connectivity index (χ4v) is 24.6. The first-order valence-corrected chi connectivity index (χ1v) is 51.2. The van der Waals surface area contributed by atoms with Gasteiger partial charge in [0.05, 0.1) is 0 Å². The van der Waals surface area contributed by atoms with Crippen LogP contribution < -0.4 is 29.4 Å². The van der Waals surface area contributed by atoms with Crippen LogP contribution in [-0.4, -0.2) is 0 Å². The third kappa shape index (κ3) is 15.7. The maximum atomic E-state index is 6.18. The van der Waals surface area contributed by atoms with Gasteiger partial charge in [0, 0.05) is 170 Å². The number of para-hydroxylation sites is 10. The molecule has 144 heavy (non-hydrogen) atoms. The van der Waals surface area contributed by atoms with Gasteiger partial charge in [-0.3, -0.25) is 0 Å². The Morgan fingerprint density at radius 3 is 0.660 bits per heavy atom. The van der Waals surface area contributed by atoms with Crippen LogP contribution in [0, 0.1) is 0 Å². The third-order valence-corrected chi connectivity index (χ3v) is 31.8. The van der Waals surface area contributed by atoms with Crippen molar-refractivity contribution in [2.75, 3.05) is 29.4 Å². The Balaban J connectivity index is 0.000000113. The molecule has 0 amide bonds. The van der Waals surface area contributed by atoms with E-state index in [0.29, 0.717) is 0 Å². The molecule has 24 aromatic rings. The summed E-state index contributed by atoms with van der Waals surface area (Å²) in [4.78, 5) is 14.2. The third-order valence-electron chi connectivity index (χ3n) is 29.5. The Labute approximate surface area is 848 Å². The molecule has 0 spiro atoms. The van der Waals surface area contributed by atoms with E-state index in [-0.39, 0.29) is 16.2 Å². The zero-order valence-corrected chi connectivity index (χ0v) is 82.5. The van der Waals surface area contributed by atoms with Crippen molar-refractivity contribution in [1.29, 1.82) is 0 Å². The monoisotopic (exact) mass is 1890 g/mol.